The minimum atomic E-state index is -0.280. The first-order valence-corrected chi connectivity index (χ1v) is 7.46. The molecule has 0 aromatic heterocycles. The first-order chi connectivity index (χ1) is 9.29. The summed E-state index contributed by atoms with van der Waals surface area (Å²) in [6.45, 7) is 0. The van der Waals surface area contributed by atoms with Gasteiger partial charge in [-0.1, -0.05) is 53.7 Å². The SMILES string of the molecule is COC(=O)c1ccc(CC[Si]c2ccccc2)cc1. The molecule has 2 aromatic rings. The Labute approximate surface area is 116 Å². The fourth-order valence-corrected chi connectivity index (χ4v) is 2.96. The van der Waals surface area contributed by atoms with Gasteiger partial charge in [0.25, 0.3) is 0 Å². The Morgan fingerprint density at radius 1 is 1.05 bits per heavy atom. The molecule has 0 amide bonds. The molecule has 2 radical (unpaired) electrons. The number of hydrogen-bond donors (Lipinski definition) is 0. The van der Waals surface area contributed by atoms with Crippen LogP contribution in [-0.2, 0) is 11.2 Å². The lowest BCUT2D eigenvalue weighted by molar-refractivity contribution is 0.0600. The molecule has 3 heteroatoms. The zero-order valence-electron chi connectivity index (χ0n) is 10.9. The number of carbonyl (C=O) groups is 1. The van der Waals surface area contributed by atoms with Crippen LogP contribution in [0.4, 0.5) is 0 Å². The number of esters is 1. The van der Waals surface area contributed by atoms with Gasteiger partial charge in [0.15, 0.2) is 0 Å². The van der Waals surface area contributed by atoms with E-state index >= 15 is 0 Å². The van der Waals surface area contributed by atoms with Crippen LogP contribution in [0.5, 0.6) is 0 Å². The molecule has 2 rings (SSSR count). The van der Waals surface area contributed by atoms with E-state index in [1.165, 1.54) is 17.9 Å². The molecule has 0 aliphatic heterocycles. The third-order valence-electron chi connectivity index (χ3n) is 2.89. The van der Waals surface area contributed by atoms with Crippen molar-refractivity contribution in [1.82, 2.24) is 0 Å². The van der Waals surface area contributed by atoms with Crippen LogP contribution in [0.3, 0.4) is 0 Å². The van der Waals surface area contributed by atoms with E-state index in [2.05, 4.69) is 29.0 Å². The largest absolute Gasteiger partial charge is 0.465 e. The second-order valence-corrected chi connectivity index (χ2v) is 5.66. The van der Waals surface area contributed by atoms with E-state index in [0.29, 0.717) is 5.56 Å². The topological polar surface area (TPSA) is 26.3 Å². The maximum Gasteiger partial charge on any atom is 0.337 e. The maximum atomic E-state index is 11.3. The van der Waals surface area contributed by atoms with Crippen molar-refractivity contribution in [3.05, 3.63) is 65.7 Å². The summed E-state index contributed by atoms with van der Waals surface area (Å²) in [4.78, 5) is 11.3. The number of methoxy groups -OCH3 is 1. The fourth-order valence-electron chi connectivity index (χ4n) is 1.83. The number of rotatable bonds is 5. The molecule has 0 saturated carbocycles. The molecule has 2 nitrogen and oxygen atoms in total. The molecular formula is C16H16O2Si. The van der Waals surface area contributed by atoms with Crippen molar-refractivity contribution >= 4 is 20.7 Å². The number of hydrogen-bond acceptors (Lipinski definition) is 2. The molecule has 0 unspecified atom stereocenters. The van der Waals surface area contributed by atoms with Crippen molar-refractivity contribution in [3.8, 4) is 0 Å². The minimum absolute atomic E-state index is 0.280. The molecule has 2 aromatic carbocycles. The van der Waals surface area contributed by atoms with Crippen LogP contribution in [-0.4, -0.2) is 22.6 Å². The summed E-state index contributed by atoms with van der Waals surface area (Å²) in [5, 5.41) is 1.40. The Morgan fingerprint density at radius 3 is 2.37 bits per heavy atom. The highest BCUT2D eigenvalue weighted by molar-refractivity contribution is 6.53. The summed E-state index contributed by atoms with van der Waals surface area (Å²) in [7, 11) is 2.23. The number of ether oxygens (including phenoxy) is 1. The van der Waals surface area contributed by atoms with Gasteiger partial charge in [-0.25, -0.2) is 4.79 Å². The van der Waals surface area contributed by atoms with Gasteiger partial charge in [-0.15, -0.1) is 0 Å². The van der Waals surface area contributed by atoms with Crippen molar-refractivity contribution in [1.29, 1.82) is 0 Å². The molecule has 0 aliphatic carbocycles. The number of carbonyl (C=O) groups excluding carboxylic acids is 1. The summed E-state index contributed by atoms with van der Waals surface area (Å²) in [6, 6.07) is 19.3. The van der Waals surface area contributed by atoms with Gasteiger partial charge in [-0.2, -0.15) is 0 Å². The smallest absolute Gasteiger partial charge is 0.337 e. The van der Waals surface area contributed by atoms with Gasteiger partial charge in [-0.05, 0) is 24.1 Å². The molecular weight excluding hydrogens is 252 g/mol. The highest BCUT2D eigenvalue weighted by atomic mass is 28.2. The molecule has 19 heavy (non-hydrogen) atoms. The Morgan fingerprint density at radius 2 is 1.74 bits per heavy atom. The second-order valence-electron chi connectivity index (χ2n) is 4.23. The first kappa shape index (κ1) is 13.6. The van der Waals surface area contributed by atoms with Crippen molar-refractivity contribution in [2.75, 3.05) is 7.11 Å². The Kier molecular flexibility index (Phi) is 4.92. The monoisotopic (exact) mass is 268 g/mol. The van der Waals surface area contributed by atoms with Gasteiger partial charge in [0.05, 0.1) is 22.2 Å². The summed E-state index contributed by atoms with van der Waals surface area (Å²) < 4.78 is 4.68. The van der Waals surface area contributed by atoms with Crippen molar-refractivity contribution in [2.24, 2.45) is 0 Å². The normalized spacial score (nSPS) is 10.2. The number of benzene rings is 2. The maximum absolute atomic E-state index is 11.3. The molecule has 0 fully saturated rings. The van der Waals surface area contributed by atoms with Gasteiger partial charge in [0.2, 0.25) is 0 Å². The van der Waals surface area contributed by atoms with E-state index in [0.717, 1.165) is 22.0 Å². The molecule has 0 spiro atoms. The zero-order valence-corrected chi connectivity index (χ0v) is 11.9. The molecule has 0 atom stereocenters. The van der Waals surface area contributed by atoms with E-state index in [4.69, 9.17) is 0 Å². The van der Waals surface area contributed by atoms with E-state index in [9.17, 15) is 4.79 Å². The van der Waals surface area contributed by atoms with Crippen molar-refractivity contribution in [3.63, 3.8) is 0 Å². The predicted molar refractivity (Wildman–Crippen MR) is 78.1 cm³/mol. The van der Waals surface area contributed by atoms with Gasteiger partial charge in [-0.3, -0.25) is 0 Å². The van der Waals surface area contributed by atoms with E-state index in [1.807, 2.05) is 30.3 Å². The first-order valence-electron chi connectivity index (χ1n) is 6.26. The van der Waals surface area contributed by atoms with Crippen LogP contribution < -0.4 is 5.19 Å². The third-order valence-corrected chi connectivity index (χ3v) is 4.13. The summed E-state index contributed by atoms with van der Waals surface area (Å²) >= 11 is 0. The fraction of sp³-hybridized carbons (Fsp3) is 0.188. The molecule has 0 saturated heterocycles. The van der Waals surface area contributed by atoms with Gasteiger partial charge in [0.1, 0.15) is 0 Å². The van der Waals surface area contributed by atoms with Crippen molar-refractivity contribution in [2.45, 2.75) is 12.5 Å². The molecule has 0 bridgehead atoms. The lowest BCUT2D eigenvalue weighted by Gasteiger charge is -2.03. The minimum Gasteiger partial charge on any atom is -0.465 e. The third kappa shape index (κ3) is 4.07. The van der Waals surface area contributed by atoms with Crippen LogP contribution >= 0.6 is 0 Å². The van der Waals surface area contributed by atoms with Gasteiger partial charge >= 0.3 is 5.97 Å². The zero-order chi connectivity index (χ0) is 13.5. The standard InChI is InChI=1S/C16H16O2Si/c1-18-16(17)14-9-7-13(8-10-14)11-12-19-15-5-3-2-4-6-15/h2-10H,11-12H2,1H3. The highest BCUT2D eigenvalue weighted by Crippen LogP contribution is 2.07. The second kappa shape index (κ2) is 6.90. The molecule has 0 heterocycles. The van der Waals surface area contributed by atoms with Gasteiger partial charge in [0, 0.05) is 0 Å². The molecule has 96 valence electrons. The summed E-state index contributed by atoms with van der Waals surface area (Å²) in [6.07, 6.45) is 1.04. The predicted octanol–water partition coefficient (Wildman–Crippen LogP) is 2.46. The van der Waals surface area contributed by atoms with E-state index in [-0.39, 0.29) is 5.97 Å². The molecule has 0 aliphatic rings. The lowest BCUT2D eigenvalue weighted by Crippen LogP contribution is -2.13. The summed E-state index contributed by atoms with van der Waals surface area (Å²) in [5.74, 6) is -0.280. The van der Waals surface area contributed by atoms with Crippen LogP contribution in [0.2, 0.25) is 6.04 Å². The van der Waals surface area contributed by atoms with E-state index < -0.39 is 0 Å². The Balaban J connectivity index is 1.85. The average Bonchev–Trinajstić information content (AvgIpc) is 2.48. The Hall–Kier alpha value is -1.87. The van der Waals surface area contributed by atoms with Gasteiger partial charge < -0.3 is 4.74 Å². The highest BCUT2D eigenvalue weighted by Gasteiger charge is 2.04. The van der Waals surface area contributed by atoms with Crippen molar-refractivity contribution < 1.29 is 9.53 Å². The summed E-state index contributed by atoms with van der Waals surface area (Å²) in [5.41, 5.74) is 1.87. The van der Waals surface area contributed by atoms with Crippen LogP contribution in [0, 0.1) is 0 Å². The van der Waals surface area contributed by atoms with E-state index in [1.54, 1.807) is 0 Å². The van der Waals surface area contributed by atoms with Crippen LogP contribution in [0.1, 0.15) is 15.9 Å². The average molecular weight is 268 g/mol. The molecule has 0 N–H and O–H groups in total. The van der Waals surface area contributed by atoms with Crippen LogP contribution in [0.25, 0.3) is 0 Å². The van der Waals surface area contributed by atoms with Crippen LogP contribution in [0.15, 0.2) is 54.6 Å². The number of aryl methyl sites for hydroxylation is 1. The Bertz CT molecular complexity index is 520. The quantitative estimate of drug-likeness (QED) is 0.615. The lowest BCUT2D eigenvalue weighted by atomic mass is 10.1.